The van der Waals surface area contributed by atoms with Crippen molar-refractivity contribution in [3.8, 4) is 0 Å². The number of benzene rings is 3. The van der Waals surface area contributed by atoms with E-state index < -0.39 is 22.5 Å². The SMILES string of the molecule is Cc1ccc(S(=O)(=O)N(CC(=O)Nc2ccc(Br)c(C)c2)c2cc(Cl)ccc2C)cc1. The van der Waals surface area contributed by atoms with E-state index in [4.69, 9.17) is 11.6 Å². The number of nitrogens with one attached hydrogen (secondary N) is 1. The Balaban J connectivity index is 1.99. The molecule has 3 aromatic carbocycles. The third-order valence-electron chi connectivity index (χ3n) is 4.78. The molecule has 0 fully saturated rings. The first-order valence-electron chi connectivity index (χ1n) is 9.49. The van der Waals surface area contributed by atoms with Crippen molar-refractivity contribution in [3.05, 3.63) is 86.8 Å². The number of carbonyl (C=O) groups excluding carboxylic acids is 1. The lowest BCUT2D eigenvalue weighted by atomic mass is 10.2. The van der Waals surface area contributed by atoms with Gasteiger partial charge in [0.1, 0.15) is 6.54 Å². The highest BCUT2D eigenvalue weighted by Gasteiger charge is 2.28. The molecule has 0 heterocycles. The molecule has 0 saturated heterocycles. The van der Waals surface area contributed by atoms with E-state index >= 15 is 0 Å². The monoisotopic (exact) mass is 520 g/mol. The number of hydrogen-bond donors (Lipinski definition) is 1. The fourth-order valence-corrected chi connectivity index (χ4v) is 4.93. The van der Waals surface area contributed by atoms with Crippen LogP contribution in [-0.4, -0.2) is 20.9 Å². The lowest BCUT2D eigenvalue weighted by Crippen LogP contribution is -2.38. The maximum Gasteiger partial charge on any atom is 0.264 e. The second-order valence-electron chi connectivity index (χ2n) is 7.27. The third-order valence-corrected chi connectivity index (χ3v) is 7.68. The molecule has 0 aliphatic carbocycles. The van der Waals surface area contributed by atoms with Crippen LogP contribution in [-0.2, 0) is 14.8 Å². The summed E-state index contributed by atoms with van der Waals surface area (Å²) in [5.74, 6) is -0.461. The normalized spacial score (nSPS) is 11.3. The van der Waals surface area contributed by atoms with Gasteiger partial charge in [-0.25, -0.2) is 8.42 Å². The van der Waals surface area contributed by atoms with E-state index in [-0.39, 0.29) is 4.90 Å². The van der Waals surface area contributed by atoms with Crippen LogP contribution in [0.2, 0.25) is 5.02 Å². The van der Waals surface area contributed by atoms with E-state index in [1.807, 2.05) is 26.0 Å². The Labute approximate surface area is 196 Å². The van der Waals surface area contributed by atoms with Gasteiger partial charge < -0.3 is 5.32 Å². The van der Waals surface area contributed by atoms with Crippen molar-refractivity contribution in [2.24, 2.45) is 0 Å². The first-order chi connectivity index (χ1) is 14.6. The number of sulfonamides is 1. The molecule has 0 aliphatic heterocycles. The van der Waals surface area contributed by atoms with Gasteiger partial charge >= 0.3 is 0 Å². The van der Waals surface area contributed by atoms with Gasteiger partial charge in [0.05, 0.1) is 10.6 Å². The molecule has 1 N–H and O–H groups in total. The van der Waals surface area contributed by atoms with Crippen molar-refractivity contribution < 1.29 is 13.2 Å². The Morgan fingerprint density at radius 2 is 1.65 bits per heavy atom. The number of nitrogens with zero attached hydrogens (tertiary/aromatic N) is 1. The van der Waals surface area contributed by atoms with Gasteiger partial charge in [0.25, 0.3) is 10.0 Å². The van der Waals surface area contributed by atoms with E-state index in [0.29, 0.717) is 22.0 Å². The summed E-state index contributed by atoms with van der Waals surface area (Å²) in [4.78, 5) is 13.0. The molecule has 0 unspecified atom stereocenters. The van der Waals surface area contributed by atoms with Gasteiger partial charge in [-0.1, -0.05) is 51.3 Å². The third kappa shape index (κ3) is 5.47. The zero-order valence-electron chi connectivity index (χ0n) is 17.3. The zero-order valence-corrected chi connectivity index (χ0v) is 20.5. The molecule has 5 nitrogen and oxygen atoms in total. The molecule has 3 aromatic rings. The lowest BCUT2D eigenvalue weighted by molar-refractivity contribution is -0.114. The van der Waals surface area contributed by atoms with Crippen molar-refractivity contribution >= 4 is 54.8 Å². The highest BCUT2D eigenvalue weighted by Crippen LogP contribution is 2.30. The van der Waals surface area contributed by atoms with E-state index in [2.05, 4.69) is 21.2 Å². The number of carbonyl (C=O) groups is 1. The minimum Gasteiger partial charge on any atom is -0.325 e. The average Bonchev–Trinajstić information content (AvgIpc) is 2.71. The van der Waals surface area contributed by atoms with Gasteiger partial charge in [0.15, 0.2) is 0 Å². The Morgan fingerprint density at radius 3 is 2.29 bits per heavy atom. The maximum atomic E-state index is 13.5. The fourth-order valence-electron chi connectivity index (χ4n) is 3.04. The molecule has 0 bridgehead atoms. The van der Waals surface area contributed by atoms with Crippen LogP contribution in [0.15, 0.2) is 70.0 Å². The average molecular weight is 522 g/mol. The van der Waals surface area contributed by atoms with Crippen LogP contribution >= 0.6 is 27.5 Å². The maximum absolute atomic E-state index is 13.5. The van der Waals surface area contributed by atoms with Crippen LogP contribution in [0.3, 0.4) is 0 Å². The molecular weight excluding hydrogens is 500 g/mol. The van der Waals surface area contributed by atoms with Crippen molar-refractivity contribution in [2.45, 2.75) is 25.7 Å². The van der Waals surface area contributed by atoms with Crippen LogP contribution in [0, 0.1) is 20.8 Å². The van der Waals surface area contributed by atoms with Crippen LogP contribution in [0.5, 0.6) is 0 Å². The molecule has 0 spiro atoms. The summed E-state index contributed by atoms with van der Waals surface area (Å²) in [7, 11) is -4.01. The predicted octanol–water partition coefficient (Wildman–Crippen LogP) is 5.86. The number of halogens is 2. The molecule has 1 amide bonds. The first-order valence-corrected chi connectivity index (χ1v) is 12.1. The van der Waals surface area contributed by atoms with Gasteiger partial charge in [0, 0.05) is 15.2 Å². The van der Waals surface area contributed by atoms with Crippen molar-refractivity contribution in [1.82, 2.24) is 0 Å². The largest absolute Gasteiger partial charge is 0.325 e. The highest BCUT2D eigenvalue weighted by atomic mass is 79.9. The Kier molecular flexibility index (Phi) is 7.09. The van der Waals surface area contributed by atoms with Gasteiger partial charge in [0.2, 0.25) is 5.91 Å². The van der Waals surface area contributed by atoms with Gasteiger partial charge in [-0.2, -0.15) is 0 Å². The Morgan fingerprint density at radius 1 is 0.968 bits per heavy atom. The van der Waals surface area contributed by atoms with Gasteiger partial charge in [-0.15, -0.1) is 0 Å². The Hall–Kier alpha value is -2.35. The lowest BCUT2D eigenvalue weighted by Gasteiger charge is -2.26. The second-order valence-corrected chi connectivity index (χ2v) is 10.4. The summed E-state index contributed by atoms with van der Waals surface area (Å²) in [6.45, 7) is 5.16. The van der Waals surface area contributed by atoms with Gasteiger partial charge in [-0.3, -0.25) is 9.10 Å². The van der Waals surface area contributed by atoms with Crippen LogP contribution in [0.4, 0.5) is 11.4 Å². The zero-order chi connectivity index (χ0) is 22.8. The van der Waals surface area contributed by atoms with Crippen LogP contribution in [0.1, 0.15) is 16.7 Å². The van der Waals surface area contributed by atoms with Crippen molar-refractivity contribution in [1.29, 1.82) is 0 Å². The van der Waals surface area contributed by atoms with Gasteiger partial charge in [-0.05, 0) is 74.4 Å². The summed E-state index contributed by atoms with van der Waals surface area (Å²) < 4.78 is 29.0. The molecule has 3 rings (SSSR count). The molecule has 162 valence electrons. The number of hydrogen-bond acceptors (Lipinski definition) is 3. The highest BCUT2D eigenvalue weighted by molar-refractivity contribution is 9.10. The molecule has 0 aliphatic rings. The van der Waals surface area contributed by atoms with E-state index in [0.717, 1.165) is 19.9 Å². The van der Waals surface area contributed by atoms with Crippen molar-refractivity contribution in [3.63, 3.8) is 0 Å². The summed E-state index contributed by atoms with van der Waals surface area (Å²) in [6, 6.07) is 16.9. The molecular formula is C23H22BrClN2O3S. The smallest absolute Gasteiger partial charge is 0.264 e. The molecule has 0 aromatic heterocycles. The summed E-state index contributed by atoms with van der Waals surface area (Å²) in [5, 5.41) is 3.16. The van der Waals surface area contributed by atoms with Crippen molar-refractivity contribution in [2.75, 3.05) is 16.2 Å². The standard InChI is InChI=1S/C23H22BrClN2O3S/c1-15-4-9-20(10-5-15)31(29,30)27(22-13-18(25)7-6-16(22)2)14-23(28)26-19-8-11-21(24)17(3)12-19/h4-13H,14H2,1-3H3,(H,26,28). The topological polar surface area (TPSA) is 66.5 Å². The van der Waals surface area contributed by atoms with E-state index in [1.165, 1.54) is 12.1 Å². The summed E-state index contributed by atoms with van der Waals surface area (Å²) in [5.41, 5.74) is 3.52. The number of anilines is 2. The fraction of sp³-hybridized carbons (Fsp3) is 0.174. The van der Waals surface area contributed by atoms with Crippen LogP contribution < -0.4 is 9.62 Å². The molecule has 0 radical (unpaired) electrons. The quantitative estimate of drug-likeness (QED) is 0.442. The predicted molar refractivity (Wildman–Crippen MR) is 129 cm³/mol. The molecule has 8 heteroatoms. The summed E-state index contributed by atoms with van der Waals surface area (Å²) >= 11 is 9.58. The Bertz CT molecular complexity index is 1230. The van der Waals surface area contributed by atoms with E-state index in [1.54, 1.807) is 43.3 Å². The minimum absolute atomic E-state index is 0.102. The minimum atomic E-state index is -4.01. The van der Waals surface area contributed by atoms with Crippen LogP contribution in [0.25, 0.3) is 0 Å². The number of amides is 1. The molecule has 0 atom stereocenters. The summed E-state index contributed by atoms with van der Waals surface area (Å²) in [6.07, 6.45) is 0. The number of rotatable bonds is 6. The van der Waals surface area contributed by atoms with E-state index in [9.17, 15) is 13.2 Å². The molecule has 0 saturated carbocycles. The second kappa shape index (κ2) is 9.42. The number of aryl methyl sites for hydroxylation is 3. The first kappa shape index (κ1) is 23.3. The molecule has 31 heavy (non-hydrogen) atoms.